The molecule has 1 saturated carbocycles. The lowest BCUT2D eigenvalue weighted by atomic mass is 9.75. The summed E-state index contributed by atoms with van der Waals surface area (Å²) in [5.74, 6) is 1.48. The molecule has 0 atom stereocenters. The Balaban J connectivity index is 2.20. The zero-order chi connectivity index (χ0) is 10.2. The monoisotopic (exact) mass is 195 g/mol. The van der Waals surface area contributed by atoms with Crippen molar-refractivity contribution in [2.45, 2.75) is 51.6 Å². The van der Waals surface area contributed by atoms with Crippen LogP contribution in [0.1, 0.15) is 44.8 Å². The maximum absolute atomic E-state index is 5.03. The van der Waals surface area contributed by atoms with E-state index >= 15 is 0 Å². The molecule has 14 heavy (non-hydrogen) atoms. The second kappa shape index (κ2) is 3.35. The van der Waals surface area contributed by atoms with Crippen LogP contribution in [0.3, 0.4) is 0 Å². The van der Waals surface area contributed by atoms with Gasteiger partial charge >= 0.3 is 0 Å². The third-order valence-corrected chi connectivity index (χ3v) is 2.73. The lowest BCUT2D eigenvalue weighted by Crippen LogP contribution is -2.51. The van der Waals surface area contributed by atoms with E-state index in [0.29, 0.717) is 11.9 Å². The molecule has 0 amide bonds. The molecule has 1 aromatic rings. The van der Waals surface area contributed by atoms with Crippen LogP contribution in [0, 0.1) is 6.92 Å². The van der Waals surface area contributed by atoms with Gasteiger partial charge in [-0.1, -0.05) is 5.16 Å². The van der Waals surface area contributed by atoms with Crippen LogP contribution in [0.4, 0.5) is 0 Å². The molecule has 2 rings (SSSR count). The Morgan fingerprint density at radius 2 is 2.14 bits per heavy atom. The SMILES string of the molecule is Cc1nc(C2(NC(C)C)CCC2)no1. The summed E-state index contributed by atoms with van der Waals surface area (Å²) in [6, 6.07) is 0.453. The maximum Gasteiger partial charge on any atom is 0.223 e. The smallest absolute Gasteiger partial charge is 0.223 e. The van der Waals surface area contributed by atoms with Crippen LogP contribution < -0.4 is 5.32 Å². The van der Waals surface area contributed by atoms with Crippen molar-refractivity contribution in [3.05, 3.63) is 11.7 Å². The van der Waals surface area contributed by atoms with Gasteiger partial charge in [-0.3, -0.25) is 0 Å². The first-order chi connectivity index (χ1) is 6.62. The molecule has 0 radical (unpaired) electrons. The Bertz CT molecular complexity index is 315. The zero-order valence-corrected chi connectivity index (χ0v) is 9.00. The average Bonchev–Trinajstić information content (AvgIpc) is 2.44. The second-order valence-corrected chi connectivity index (χ2v) is 4.37. The number of aromatic nitrogens is 2. The summed E-state index contributed by atoms with van der Waals surface area (Å²) in [6.07, 6.45) is 3.47. The topological polar surface area (TPSA) is 51.0 Å². The molecule has 1 N–H and O–H groups in total. The standard InChI is InChI=1S/C10H17N3O/c1-7(2)12-10(5-4-6-10)9-11-8(3)14-13-9/h7,12H,4-6H2,1-3H3. The molecule has 0 bridgehead atoms. The number of nitrogens with zero attached hydrogens (tertiary/aromatic N) is 2. The molecule has 4 heteroatoms. The molecule has 78 valence electrons. The predicted octanol–water partition coefficient (Wildman–Crippen LogP) is 1.76. The highest BCUT2D eigenvalue weighted by Crippen LogP contribution is 2.40. The van der Waals surface area contributed by atoms with Gasteiger partial charge in [0.25, 0.3) is 0 Å². The van der Waals surface area contributed by atoms with Gasteiger partial charge in [-0.15, -0.1) is 0 Å². The van der Waals surface area contributed by atoms with Crippen molar-refractivity contribution in [1.82, 2.24) is 15.5 Å². The molecule has 1 aliphatic rings. The van der Waals surface area contributed by atoms with Crippen LogP contribution >= 0.6 is 0 Å². The molecule has 1 aliphatic carbocycles. The van der Waals surface area contributed by atoms with Crippen molar-refractivity contribution in [3.8, 4) is 0 Å². The van der Waals surface area contributed by atoms with Crippen LogP contribution in [0.15, 0.2) is 4.52 Å². The Labute approximate surface area is 84.1 Å². The molecule has 0 aliphatic heterocycles. The molecule has 0 saturated heterocycles. The highest BCUT2D eigenvalue weighted by atomic mass is 16.5. The van der Waals surface area contributed by atoms with Gasteiger partial charge in [0, 0.05) is 13.0 Å². The van der Waals surface area contributed by atoms with Gasteiger partial charge in [0.15, 0.2) is 5.82 Å². The van der Waals surface area contributed by atoms with Crippen LogP contribution in [-0.2, 0) is 5.54 Å². The normalized spacial score (nSPS) is 19.7. The summed E-state index contributed by atoms with van der Waals surface area (Å²) in [7, 11) is 0. The van der Waals surface area contributed by atoms with E-state index in [1.807, 2.05) is 6.92 Å². The third-order valence-electron chi connectivity index (χ3n) is 2.73. The highest BCUT2D eigenvalue weighted by molar-refractivity contribution is 5.10. The molecular weight excluding hydrogens is 178 g/mol. The molecular formula is C10H17N3O. The van der Waals surface area contributed by atoms with E-state index in [4.69, 9.17) is 4.52 Å². The summed E-state index contributed by atoms with van der Waals surface area (Å²) < 4.78 is 5.03. The zero-order valence-electron chi connectivity index (χ0n) is 9.00. The fourth-order valence-corrected chi connectivity index (χ4v) is 2.01. The maximum atomic E-state index is 5.03. The van der Waals surface area contributed by atoms with Gasteiger partial charge in [0.1, 0.15) is 0 Å². The van der Waals surface area contributed by atoms with Crippen LogP contribution in [-0.4, -0.2) is 16.2 Å². The Morgan fingerprint density at radius 3 is 2.50 bits per heavy atom. The van der Waals surface area contributed by atoms with E-state index in [1.54, 1.807) is 0 Å². The molecule has 1 heterocycles. The van der Waals surface area contributed by atoms with Crippen molar-refractivity contribution in [1.29, 1.82) is 0 Å². The Morgan fingerprint density at radius 1 is 1.43 bits per heavy atom. The lowest BCUT2D eigenvalue weighted by molar-refractivity contribution is 0.154. The number of rotatable bonds is 3. The number of nitrogens with one attached hydrogen (secondary N) is 1. The number of aryl methyl sites for hydroxylation is 1. The van der Waals surface area contributed by atoms with Crippen LogP contribution in [0.25, 0.3) is 0 Å². The van der Waals surface area contributed by atoms with Gasteiger partial charge in [0.2, 0.25) is 5.89 Å². The minimum Gasteiger partial charge on any atom is -0.340 e. The van der Waals surface area contributed by atoms with Crippen molar-refractivity contribution in [3.63, 3.8) is 0 Å². The van der Waals surface area contributed by atoms with Gasteiger partial charge in [0.05, 0.1) is 5.54 Å². The first-order valence-corrected chi connectivity index (χ1v) is 5.21. The largest absolute Gasteiger partial charge is 0.340 e. The first-order valence-electron chi connectivity index (χ1n) is 5.21. The third kappa shape index (κ3) is 1.54. The second-order valence-electron chi connectivity index (χ2n) is 4.37. The highest BCUT2D eigenvalue weighted by Gasteiger charge is 2.42. The van der Waals surface area contributed by atoms with Crippen molar-refractivity contribution in [2.75, 3.05) is 0 Å². The van der Waals surface area contributed by atoms with E-state index in [-0.39, 0.29) is 5.54 Å². The molecule has 0 unspecified atom stereocenters. The van der Waals surface area contributed by atoms with Crippen LogP contribution in [0.2, 0.25) is 0 Å². The first kappa shape index (κ1) is 9.65. The van der Waals surface area contributed by atoms with Crippen LogP contribution in [0.5, 0.6) is 0 Å². The van der Waals surface area contributed by atoms with Crippen molar-refractivity contribution in [2.24, 2.45) is 0 Å². The summed E-state index contributed by atoms with van der Waals surface area (Å²) >= 11 is 0. The van der Waals surface area contributed by atoms with Crippen molar-refractivity contribution < 1.29 is 4.52 Å². The fourth-order valence-electron chi connectivity index (χ4n) is 2.01. The van der Waals surface area contributed by atoms with Gasteiger partial charge in [-0.2, -0.15) is 4.98 Å². The van der Waals surface area contributed by atoms with Gasteiger partial charge in [-0.05, 0) is 33.1 Å². The number of hydrogen-bond acceptors (Lipinski definition) is 4. The molecule has 1 fully saturated rings. The fraction of sp³-hybridized carbons (Fsp3) is 0.800. The average molecular weight is 195 g/mol. The summed E-state index contributed by atoms with van der Waals surface area (Å²) in [5, 5.41) is 7.55. The number of hydrogen-bond donors (Lipinski definition) is 1. The van der Waals surface area contributed by atoms with E-state index in [1.165, 1.54) is 6.42 Å². The molecule has 0 aromatic carbocycles. The minimum absolute atomic E-state index is 0.00801. The summed E-state index contributed by atoms with van der Waals surface area (Å²) in [4.78, 5) is 4.32. The Hall–Kier alpha value is -0.900. The van der Waals surface area contributed by atoms with E-state index in [9.17, 15) is 0 Å². The van der Waals surface area contributed by atoms with E-state index in [2.05, 4.69) is 29.3 Å². The van der Waals surface area contributed by atoms with Crippen molar-refractivity contribution >= 4 is 0 Å². The van der Waals surface area contributed by atoms with E-state index in [0.717, 1.165) is 18.7 Å². The molecule has 0 spiro atoms. The summed E-state index contributed by atoms with van der Waals surface area (Å²) in [6.45, 7) is 6.12. The summed E-state index contributed by atoms with van der Waals surface area (Å²) in [5.41, 5.74) is -0.00801. The van der Waals surface area contributed by atoms with E-state index < -0.39 is 0 Å². The molecule has 4 nitrogen and oxygen atoms in total. The van der Waals surface area contributed by atoms with Gasteiger partial charge < -0.3 is 9.84 Å². The molecule has 1 aromatic heterocycles. The van der Waals surface area contributed by atoms with Gasteiger partial charge in [-0.25, -0.2) is 0 Å². The quantitative estimate of drug-likeness (QED) is 0.798. The predicted molar refractivity (Wildman–Crippen MR) is 52.8 cm³/mol. The lowest BCUT2D eigenvalue weighted by Gasteiger charge is -2.41. The minimum atomic E-state index is -0.00801. The Kier molecular flexibility index (Phi) is 2.31.